The summed E-state index contributed by atoms with van der Waals surface area (Å²) in [6, 6.07) is 14.1. The second-order valence-electron chi connectivity index (χ2n) is 7.64. The molecular formula is C24H23F2N5O2. The van der Waals surface area contributed by atoms with Crippen molar-refractivity contribution in [2.24, 2.45) is 0 Å². The van der Waals surface area contributed by atoms with Gasteiger partial charge in [-0.15, -0.1) is 0 Å². The number of nitrogens with one attached hydrogen (secondary N) is 1. The molecular weight excluding hydrogens is 428 g/mol. The molecule has 0 bridgehead atoms. The molecule has 0 saturated heterocycles. The third-order valence-electron chi connectivity index (χ3n) is 5.39. The summed E-state index contributed by atoms with van der Waals surface area (Å²) in [5.41, 5.74) is 4.66. The van der Waals surface area contributed by atoms with Crippen LogP contribution in [0.3, 0.4) is 0 Å². The summed E-state index contributed by atoms with van der Waals surface area (Å²) < 4.78 is 32.0. The Morgan fingerprint density at radius 1 is 1.15 bits per heavy atom. The van der Waals surface area contributed by atoms with Crippen LogP contribution in [0, 0.1) is 13.8 Å². The van der Waals surface area contributed by atoms with Crippen LogP contribution >= 0.6 is 0 Å². The number of aromatic nitrogens is 4. The van der Waals surface area contributed by atoms with Gasteiger partial charge in [0, 0.05) is 35.5 Å². The second-order valence-corrected chi connectivity index (χ2v) is 7.64. The molecule has 2 aromatic carbocycles. The quantitative estimate of drug-likeness (QED) is 0.427. The summed E-state index contributed by atoms with van der Waals surface area (Å²) in [5.74, 6) is 0.418. The number of fused-ring (bicyclic) bond motifs is 1. The van der Waals surface area contributed by atoms with Gasteiger partial charge >= 0.3 is 6.61 Å². The van der Waals surface area contributed by atoms with Crippen LogP contribution in [0.4, 0.5) is 14.5 Å². The monoisotopic (exact) mass is 451 g/mol. The predicted molar refractivity (Wildman–Crippen MR) is 120 cm³/mol. The van der Waals surface area contributed by atoms with E-state index in [4.69, 9.17) is 0 Å². The summed E-state index contributed by atoms with van der Waals surface area (Å²) in [6.07, 6.45) is 2.55. The molecule has 2 heterocycles. The molecule has 0 aliphatic rings. The zero-order valence-electron chi connectivity index (χ0n) is 18.3. The molecule has 0 atom stereocenters. The summed E-state index contributed by atoms with van der Waals surface area (Å²) in [6.45, 7) is 0.871. The van der Waals surface area contributed by atoms with E-state index >= 15 is 0 Å². The van der Waals surface area contributed by atoms with Gasteiger partial charge in [0.05, 0.1) is 0 Å². The molecule has 9 heteroatoms. The van der Waals surface area contributed by atoms with E-state index in [1.54, 1.807) is 16.6 Å². The zero-order valence-corrected chi connectivity index (χ0v) is 18.3. The number of hydrogen-bond donors (Lipinski definition) is 1. The Bertz CT molecular complexity index is 1270. The highest BCUT2D eigenvalue weighted by Gasteiger charge is 2.15. The van der Waals surface area contributed by atoms with Crippen molar-refractivity contribution in [3.05, 3.63) is 82.9 Å². The molecule has 4 rings (SSSR count). The molecule has 0 fully saturated rings. The van der Waals surface area contributed by atoms with Crippen LogP contribution in [0.5, 0.6) is 5.75 Å². The number of amides is 1. The van der Waals surface area contributed by atoms with Gasteiger partial charge in [0.2, 0.25) is 5.91 Å². The fourth-order valence-electron chi connectivity index (χ4n) is 3.80. The highest BCUT2D eigenvalue weighted by atomic mass is 19.3. The van der Waals surface area contributed by atoms with E-state index in [1.165, 1.54) is 12.4 Å². The number of aryl methyl sites for hydroxylation is 2. The second kappa shape index (κ2) is 9.72. The molecule has 0 radical (unpaired) electrons. The van der Waals surface area contributed by atoms with Gasteiger partial charge in [-0.1, -0.05) is 30.3 Å². The molecule has 0 unspecified atom stereocenters. The molecule has 1 amide bonds. The fourth-order valence-corrected chi connectivity index (χ4v) is 3.80. The molecule has 7 nitrogen and oxygen atoms in total. The van der Waals surface area contributed by atoms with Gasteiger partial charge in [-0.05, 0) is 49.6 Å². The molecule has 2 aromatic heterocycles. The first-order valence-electron chi connectivity index (χ1n) is 10.5. The lowest BCUT2D eigenvalue weighted by atomic mass is 10.0. The maximum atomic E-state index is 12.8. The van der Waals surface area contributed by atoms with Crippen molar-refractivity contribution in [2.75, 3.05) is 5.32 Å². The summed E-state index contributed by atoms with van der Waals surface area (Å²) >= 11 is 0. The van der Waals surface area contributed by atoms with E-state index in [1.807, 2.05) is 44.2 Å². The number of rotatable bonds is 8. The standard InChI is InChI=1S/C24H23F2N5O2/c1-15-20(16(2)31-24(29-15)27-14-28-31)9-11-22(32)30-19-8-10-21(33-23(25)26)18(13-19)12-17-6-4-3-5-7-17/h3-8,10,13-14,23H,9,11-12H2,1-2H3,(H,30,32). The Balaban J connectivity index is 1.48. The number of ether oxygens (including phenoxy) is 1. The van der Waals surface area contributed by atoms with E-state index in [0.29, 0.717) is 29.9 Å². The number of nitrogens with zero attached hydrogens (tertiary/aromatic N) is 4. The van der Waals surface area contributed by atoms with Gasteiger partial charge in [-0.2, -0.15) is 18.9 Å². The largest absolute Gasteiger partial charge is 0.435 e. The lowest BCUT2D eigenvalue weighted by Crippen LogP contribution is -2.15. The molecule has 170 valence electrons. The average Bonchev–Trinajstić information content (AvgIpc) is 3.24. The Hall–Kier alpha value is -3.88. The van der Waals surface area contributed by atoms with Crippen molar-refractivity contribution in [3.63, 3.8) is 0 Å². The Morgan fingerprint density at radius 2 is 1.94 bits per heavy atom. The van der Waals surface area contributed by atoms with E-state index in [0.717, 1.165) is 22.5 Å². The average molecular weight is 451 g/mol. The topological polar surface area (TPSA) is 81.4 Å². The molecule has 4 aromatic rings. The van der Waals surface area contributed by atoms with E-state index in [-0.39, 0.29) is 18.1 Å². The lowest BCUT2D eigenvalue weighted by Gasteiger charge is -2.14. The number of carbonyl (C=O) groups is 1. The molecule has 0 spiro atoms. The van der Waals surface area contributed by atoms with Crippen LogP contribution in [-0.2, 0) is 17.6 Å². The number of benzene rings is 2. The maximum Gasteiger partial charge on any atom is 0.387 e. The molecule has 0 aliphatic carbocycles. The normalized spacial score (nSPS) is 11.2. The third kappa shape index (κ3) is 5.31. The smallest absolute Gasteiger partial charge is 0.387 e. The van der Waals surface area contributed by atoms with Gasteiger partial charge in [0.25, 0.3) is 5.78 Å². The number of carbonyl (C=O) groups excluding carboxylic acids is 1. The van der Waals surface area contributed by atoms with E-state index < -0.39 is 6.61 Å². The predicted octanol–water partition coefficient (Wildman–Crippen LogP) is 4.50. The van der Waals surface area contributed by atoms with Crippen LogP contribution in [-0.4, -0.2) is 32.1 Å². The maximum absolute atomic E-state index is 12.8. The van der Waals surface area contributed by atoms with Crippen molar-refractivity contribution in [3.8, 4) is 5.75 Å². The molecule has 1 N–H and O–H groups in total. The molecule has 0 aliphatic heterocycles. The van der Waals surface area contributed by atoms with E-state index in [9.17, 15) is 13.6 Å². The van der Waals surface area contributed by atoms with Crippen LogP contribution < -0.4 is 10.1 Å². The number of alkyl halides is 2. The number of halogens is 2. The molecule has 0 saturated carbocycles. The highest BCUT2D eigenvalue weighted by molar-refractivity contribution is 5.91. The number of anilines is 1. The van der Waals surface area contributed by atoms with Crippen molar-refractivity contribution < 1.29 is 18.3 Å². The van der Waals surface area contributed by atoms with Crippen LogP contribution in [0.2, 0.25) is 0 Å². The Morgan fingerprint density at radius 3 is 2.70 bits per heavy atom. The zero-order chi connectivity index (χ0) is 23.4. The minimum atomic E-state index is -2.93. The lowest BCUT2D eigenvalue weighted by molar-refractivity contribution is -0.116. The first-order chi connectivity index (χ1) is 15.9. The van der Waals surface area contributed by atoms with Gasteiger partial charge < -0.3 is 10.1 Å². The third-order valence-corrected chi connectivity index (χ3v) is 5.39. The van der Waals surface area contributed by atoms with Crippen molar-refractivity contribution in [1.29, 1.82) is 0 Å². The van der Waals surface area contributed by atoms with Gasteiger partial charge in [-0.3, -0.25) is 4.79 Å². The SMILES string of the molecule is Cc1nc2ncnn2c(C)c1CCC(=O)Nc1ccc(OC(F)F)c(Cc2ccccc2)c1. The van der Waals surface area contributed by atoms with Gasteiger partial charge in [0.1, 0.15) is 12.1 Å². The van der Waals surface area contributed by atoms with Crippen molar-refractivity contribution in [2.45, 2.75) is 39.7 Å². The van der Waals surface area contributed by atoms with Gasteiger partial charge in [-0.25, -0.2) is 9.50 Å². The Kier molecular flexibility index (Phi) is 6.58. The van der Waals surface area contributed by atoms with Crippen molar-refractivity contribution >= 4 is 17.4 Å². The Labute approximate surface area is 189 Å². The van der Waals surface area contributed by atoms with Crippen LogP contribution in [0.25, 0.3) is 5.78 Å². The van der Waals surface area contributed by atoms with Crippen LogP contribution in [0.15, 0.2) is 54.9 Å². The number of hydrogen-bond acceptors (Lipinski definition) is 5. The first-order valence-corrected chi connectivity index (χ1v) is 10.5. The summed E-state index contributed by atoms with van der Waals surface area (Å²) in [4.78, 5) is 21.2. The first kappa shape index (κ1) is 22.3. The fraction of sp³-hybridized carbons (Fsp3) is 0.250. The van der Waals surface area contributed by atoms with E-state index in [2.05, 4.69) is 25.1 Å². The van der Waals surface area contributed by atoms with Crippen LogP contribution in [0.1, 0.15) is 34.5 Å². The van der Waals surface area contributed by atoms with Gasteiger partial charge in [0.15, 0.2) is 0 Å². The van der Waals surface area contributed by atoms with Crippen molar-refractivity contribution in [1.82, 2.24) is 19.6 Å². The highest BCUT2D eigenvalue weighted by Crippen LogP contribution is 2.27. The summed E-state index contributed by atoms with van der Waals surface area (Å²) in [5, 5.41) is 7.02. The molecule has 33 heavy (non-hydrogen) atoms. The minimum absolute atomic E-state index is 0.0883. The summed E-state index contributed by atoms with van der Waals surface area (Å²) in [7, 11) is 0. The minimum Gasteiger partial charge on any atom is -0.435 e.